The van der Waals surface area contributed by atoms with Crippen molar-refractivity contribution in [3.63, 3.8) is 0 Å². The Balaban J connectivity index is 1.88. The van der Waals surface area contributed by atoms with Crippen LogP contribution in [0.4, 0.5) is 4.39 Å². The number of esters is 1. The summed E-state index contributed by atoms with van der Waals surface area (Å²) in [5.41, 5.74) is 0.563. The number of benzene rings is 2. The summed E-state index contributed by atoms with van der Waals surface area (Å²) in [6.45, 7) is 1.49. The van der Waals surface area contributed by atoms with Crippen LogP contribution < -0.4 is 9.47 Å². The number of alkyl halides is 1. The zero-order valence-corrected chi connectivity index (χ0v) is 13.3. The summed E-state index contributed by atoms with van der Waals surface area (Å²) in [6.07, 6.45) is 1.34. The second-order valence-corrected chi connectivity index (χ2v) is 5.81. The minimum Gasteiger partial charge on any atom is -0.452 e. The van der Waals surface area contributed by atoms with Crippen molar-refractivity contribution in [3.05, 3.63) is 65.2 Å². The van der Waals surface area contributed by atoms with E-state index in [1.807, 2.05) is 0 Å². The monoisotopic (exact) mass is 346 g/mol. The first-order valence-electron chi connectivity index (χ1n) is 7.14. The van der Waals surface area contributed by atoms with Gasteiger partial charge < -0.3 is 9.47 Å². The van der Waals surface area contributed by atoms with Crippen LogP contribution in [0.15, 0.2) is 48.2 Å². The van der Waals surface area contributed by atoms with E-state index in [2.05, 4.69) is 0 Å². The Hall–Kier alpha value is -2.66. The lowest BCUT2D eigenvalue weighted by atomic mass is 10.1. The standard InChI is InChI=1S/C18H12ClFO4/c1-10(19)18(22)23-12-6-7-13-15(9-12)24-16(17(13)21)8-11-4-2-3-5-14(11)20/h2-10H,1H3/b16-8-. The Labute approximate surface area is 142 Å². The Bertz CT molecular complexity index is 858. The Kier molecular flexibility index (Phi) is 4.36. The molecule has 2 aromatic carbocycles. The van der Waals surface area contributed by atoms with Gasteiger partial charge in [0.25, 0.3) is 0 Å². The molecule has 122 valence electrons. The fourth-order valence-corrected chi connectivity index (χ4v) is 2.21. The van der Waals surface area contributed by atoms with E-state index in [1.165, 1.54) is 43.3 Å². The van der Waals surface area contributed by atoms with Crippen LogP contribution in [0.3, 0.4) is 0 Å². The van der Waals surface area contributed by atoms with Crippen LogP contribution >= 0.6 is 11.6 Å². The Morgan fingerprint density at radius 1 is 1.29 bits per heavy atom. The highest BCUT2D eigenvalue weighted by atomic mass is 35.5. The van der Waals surface area contributed by atoms with Crippen LogP contribution in [-0.4, -0.2) is 17.1 Å². The maximum Gasteiger partial charge on any atom is 0.329 e. The third-order valence-corrected chi connectivity index (χ3v) is 3.55. The molecule has 1 aliphatic rings. The van der Waals surface area contributed by atoms with E-state index in [9.17, 15) is 14.0 Å². The molecule has 0 aliphatic carbocycles. The number of ether oxygens (including phenoxy) is 2. The van der Waals surface area contributed by atoms with E-state index < -0.39 is 17.2 Å². The fraction of sp³-hybridized carbons (Fsp3) is 0.111. The molecule has 0 fully saturated rings. The van der Waals surface area contributed by atoms with Crippen LogP contribution in [-0.2, 0) is 4.79 Å². The van der Waals surface area contributed by atoms with Gasteiger partial charge in [-0.2, -0.15) is 0 Å². The number of allylic oxidation sites excluding steroid dienone is 1. The van der Waals surface area contributed by atoms with Gasteiger partial charge in [-0.1, -0.05) is 18.2 Å². The fourth-order valence-electron chi connectivity index (χ4n) is 2.16. The van der Waals surface area contributed by atoms with Crippen molar-refractivity contribution in [1.29, 1.82) is 0 Å². The number of hydrogen-bond donors (Lipinski definition) is 0. The van der Waals surface area contributed by atoms with Gasteiger partial charge in [-0.05, 0) is 31.2 Å². The van der Waals surface area contributed by atoms with Crippen LogP contribution in [0.1, 0.15) is 22.8 Å². The van der Waals surface area contributed by atoms with Gasteiger partial charge in [-0.15, -0.1) is 11.6 Å². The van der Waals surface area contributed by atoms with Gasteiger partial charge in [0.05, 0.1) is 5.56 Å². The van der Waals surface area contributed by atoms with Crippen molar-refractivity contribution in [2.45, 2.75) is 12.3 Å². The molecule has 6 heteroatoms. The zero-order valence-electron chi connectivity index (χ0n) is 12.6. The van der Waals surface area contributed by atoms with Crippen LogP contribution in [0, 0.1) is 5.82 Å². The summed E-state index contributed by atoms with van der Waals surface area (Å²) in [4.78, 5) is 23.8. The third kappa shape index (κ3) is 3.16. The number of hydrogen-bond acceptors (Lipinski definition) is 4. The molecule has 4 nitrogen and oxygen atoms in total. The quantitative estimate of drug-likeness (QED) is 0.365. The number of fused-ring (bicyclic) bond motifs is 1. The second-order valence-electron chi connectivity index (χ2n) is 5.16. The lowest BCUT2D eigenvalue weighted by Crippen LogP contribution is -2.17. The highest BCUT2D eigenvalue weighted by Crippen LogP contribution is 2.35. The molecule has 0 radical (unpaired) electrons. The van der Waals surface area contributed by atoms with Crippen LogP contribution in [0.25, 0.3) is 6.08 Å². The summed E-state index contributed by atoms with van der Waals surface area (Å²) in [7, 11) is 0. The smallest absolute Gasteiger partial charge is 0.329 e. The molecule has 1 heterocycles. The van der Waals surface area contributed by atoms with Gasteiger partial charge in [-0.25, -0.2) is 4.39 Å². The molecule has 0 saturated carbocycles. The average Bonchev–Trinajstić information content (AvgIpc) is 2.85. The number of ketones is 1. The molecule has 0 spiro atoms. The molecule has 1 atom stereocenters. The van der Waals surface area contributed by atoms with Gasteiger partial charge >= 0.3 is 5.97 Å². The summed E-state index contributed by atoms with van der Waals surface area (Å²) < 4.78 is 24.2. The average molecular weight is 347 g/mol. The van der Waals surface area contributed by atoms with Crippen molar-refractivity contribution in [2.24, 2.45) is 0 Å². The largest absolute Gasteiger partial charge is 0.452 e. The second kappa shape index (κ2) is 6.45. The Morgan fingerprint density at radius 3 is 2.75 bits per heavy atom. The van der Waals surface area contributed by atoms with E-state index in [0.717, 1.165) is 0 Å². The van der Waals surface area contributed by atoms with Crippen molar-refractivity contribution in [2.75, 3.05) is 0 Å². The van der Waals surface area contributed by atoms with Crippen molar-refractivity contribution < 1.29 is 23.5 Å². The normalized spacial score (nSPS) is 15.8. The van der Waals surface area contributed by atoms with Crippen molar-refractivity contribution in [3.8, 4) is 11.5 Å². The molecule has 3 rings (SSSR count). The first-order valence-corrected chi connectivity index (χ1v) is 7.58. The predicted octanol–water partition coefficient (Wildman–Crippen LogP) is 3.97. The zero-order chi connectivity index (χ0) is 17.3. The molecular weight excluding hydrogens is 335 g/mol. The summed E-state index contributed by atoms with van der Waals surface area (Å²) >= 11 is 5.64. The van der Waals surface area contributed by atoms with E-state index in [0.29, 0.717) is 5.56 Å². The molecular formula is C18H12ClFO4. The molecule has 1 aliphatic heterocycles. The first kappa shape index (κ1) is 16.2. The maximum absolute atomic E-state index is 13.7. The van der Waals surface area contributed by atoms with E-state index in [1.54, 1.807) is 12.1 Å². The molecule has 0 saturated heterocycles. The van der Waals surface area contributed by atoms with Gasteiger partial charge in [0.2, 0.25) is 5.78 Å². The highest BCUT2D eigenvalue weighted by molar-refractivity contribution is 6.29. The molecule has 2 aromatic rings. The molecule has 1 unspecified atom stereocenters. The molecule has 0 amide bonds. The van der Waals surface area contributed by atoms with Gasteiger partial charge in [0, 0.05) is 11.6 Å². The molecule has 0 bridgehead atoms. The topological polar surface area (TPSA) is 52.6 Å². The summed E-state index contributed by atoms with van der Waals surface area (Å²) in [5.74, 6) is -0.964. The Morgan fingerprint density at radius 2 is 2.04 bits per heavy atom. The number of carbonyl (C=O) groups excluding carboxylic acids is 2. The van der Waals surface area contributed by atoms with Crippen molar-refractivity contribution >= 4 is 29.4 Å². The van der Waals surface area contributed by atoms with Gasteiger partial charge in [0.1, 0.15) is 22.7 Å². The SMILES string of the molecule is CC(Cl)C(=O)Oc1ccc2c(c1)O/C(=C\c1ccccc1F)C2=O. The predicted molar refractivity (Wildman–Crippen MR) is 86.7 cm³/mol. The maximum atomic E-state index is 13.7. The minimum absolute atomic E-state index is 0.00397. The van der Waals surface area contributed by atoms with Crippen LogP contribution in [0.5, 0.6) is 11.5 Å². The number of halogens is 2. The highest BCUT2D eigenvalue weighted by Gasteiger charge is 2.28. The number of rotatable bonds is 3. The molecule has 0 N–H and O–H groups in total. The van der Waals surface area contributed by atoms with Gasteiger partial charge in [0.15, 0.2) is 5.76 Å². The van der Waals surface area contributed by atoms with E-state index >= 15 is 0 Å². The van der Waals surface area contributed by atoms with E-state index in [-0.39, 0.29) is 28.6 Å². The molecule has 0 aromatic heterocycles. The van der Waals surface area contributed by atoms with E-state index in [4.69, 9.17) is 21.1 Å². The van der Waals surface area contributed by atoms with Crippen molar-refractivity contribution in [1.82, 2.24) is 0 Å². The third-order valence-electron chi connectivity index (χ3n) is 3.38. The number of carbonyl (C=O) groups is 2. The lowest BCUT2D eigenvalue weighted by molar-refractivity contribution is -0.133. The summed E-state index contributed by atoms with van der Waals surface area (Å²) in [5, 5.41) is -0.794. The summed E-state index contributed by atoms with van der Waals surface area (Å²) in [6, 6.07) is 10.4. The number of Topliss-reactive ketones (excluding diaryl/α,β-unsaturated/α-hetero) is 1. The van der Waals surface area contributed by atoms with Crippen LogP contribution in [0.2, 0.25) is 0 Å². The molecule has 24 heavy (non-hydrogen) atoms. The first-order chi connectivity index (χ1) is 11.5. The lowest BCUT2D eigenvalue weighted by Gasteiger charge is -2.06. The van der Waals surface area contributed by atoms with Gasteiger partial charge in [-0.3, -0.25) is 9.59 Å². The minimum atomic E-state index is -0.794.